The van der Waals surface area contributed by atoms with E-state index in [9.17, 15) is 0 Å². The third kappa shape index (κ3) is 9.92. The van der Waals surface area contributed by atoms with Crippen LogP contribution in [-0.2, 0) is 14.2 Å². The van der Waals surface area contributed by atoms with Crippen molar-refractivity contribution in [1.29, 1.82) is 0 Å². The van der Waals surface area contributed by atoms with Gasteiger partial charge in [-0.15, -0.1) is 0 Å². The molecule has 1 unspecified atom stereocenters. The van der Waals surface area contributed by atoms with Crippen molar-refractivity contribution in [2.45, 2.75) is 6.92 Å². The summed E-state index contributed by atoms with van der Waals surface area (Å²) in [7, 11) is 3.61. The zero-order valence-electron chi connectivity index (χ0n) is 9.54. The summed E-state index contributed by atoms with van der Waals surface area (Å²) in [6.45, 7) is 6.56. The molecule has 0 aliphatic heterocycles. The fourth-order valence-corrected chi connectivity index (χ4v) is 1.01. The normalized spacial score (nSPS) is 13.1. The Bertz CT molecular complexity index is 112. The molecule has 1 atom stereocenters. The van der Waals surface area contributed by atoms with E-state index >= 15 is 0 Å². The standard InChI is InChI=1S/C10H23NO3/c1-10(8-12-3)9-14-7-6-13-5-4-11-2/h10-11H,4-9H2,1-3H3. The van der Waals surface area contributed by atoms with Crippen molar-refractivity contribution in [2.75, 3.05) is 53.7 Å². The summed E-state index contributed by atoms with van der Waals surface area (Å²) >= 11 is 0. The van der Waals surface area contributed by atoms with Crippen LogP contribution in [0.3, 0.4) is 0 Å². The summed E-state index contributed by atoms with van der Waals surface area (Å²) in [6.07, 6.45) is 0. The molecular formula is C10H23NO3. The Hall–Kier alpha value is -0.160. The Morgan fingerprint density at radius 2 is 1.79 bits per heavy atom. The highest BCUT2D eigenvalue weighted by atomic mass is 16.5. The van der Waals surface area contributed by atoms with Crippen molar-refractivity contribution in [3.63, 3.8) is 0 Å². The minimum atomic E-state index is 0.456. The quantitative estimate of drug-likeness (QED) is 0.528. The Kier molecular flexibility index (Phi) is 10.8. The molecular weight excluding hydrogens is 182 g/mol. The van der Waals surface area contributed by atoms with E-state index in [1.165, 1.54) is 0 Å². The SMILES string of the molecule is CNCCOCCOCC(C)COC. The maximum absolute atomic E-state index is 5.40. The molecule has 4 nitrogen and oxygen atoms in total. The highest BCUT2D eigenvalue weighted by molar-refractivity contribution is 4.47. The van der Waals surface area contributed by atoms with Crippen LogP contribution in [0.1, 0.15) is 6.92 Å². The van der Waals surface area contributed by atoms with Crippen LogP contribution in [0.15, 0.2) is 0 Å². The summed E-state index contributed by atoms with van der Waals surface area (Å²) in [6, 6.07) is 0. The van der Waals surface area contributed by atoms with Gasteiger partial charge in [0.2, 0.25) is 0 Å². The van der Waals surface area contributed by atoms with Crippen LogP contribution in [0.25, 0.3) is 0 Å². The van der Waals surface area contributed by atoms with Gasteiger partial charge < -0.3 is 19.5 Å². The van der Waals surface area contributed by atoms with Crippen molar-refractivity contribution < 1.29 is 14.2 Å². The number of hydrogen-bond acceptors (Lipinski definition) is 4. The molecule has 1 N–H and O–H groups in total. The largest absolute Gasteiger partial charge is 0.384 e. The van der Waals surface area contributed by atoms with E-state index in [0.29, 0.717) is 19.1 Å². The number of likely N-dealkylation sites (N-methyl/N-ethyl adjacent to an activating group) is 1. The molecule has 0 saturated carbocycles. The first kappa shape index (κ1) is 13.8. The number of nitrogens with one attached hydrogen (secondary N) is 1. The monoisotopic (exact) mass is 205 g/mol. The number of rotatable bonds is 10. The minimum Gasteiger partial charge on any atom is -0.384 e. The average Bonchev–Trinajstić information content (AvgIpc) is 2.17. The van der Waals surface area contributed by atoms with Crippen LogP contribution in [0, 0.1) is 5.92 Å². The molecule has 0 aromatic carbocycles. The van der Waals surface area contributed by atoms with Gasteiger partial charge >= 0.3 is 0 Å². The maximum Gasteiger partial charge on any atom is 0.0701 e. The number of hydrogen-bond donors (Lipinski definition) is 1. The molecule has 0 aromatic rings. The molecule has 86 valence electrons. The van der Waals surface area contributed by atoms with Gasteiger partial charge in [0, 0.05) is 19.6 Å². The predicted octanol–water partition coefficient (Wildman–Crippen LogP) is 0.521. The second-order valence-corrected chi connectivity index (χ2v) is 3.35. The lowest BCUT2D eigenvalue weighted by molar-refractivity contribution is 0.0227. The molecule has 0 saturated heterocycles. The van der Waals surface area contributed by atoms with Crippen LogP contribution in [0.2, 0.25) is 0 Å². The summed E-state index contributed by atoms with van der Waals surface area (Å²) in [4.78, 5) is 0. The van der Waals surface area contributed by atoms with Crippen molar-refractivity contribution in [3.8, 4) is 0 Å². The molecule has 0 fully saturated rings. The average molecular weight is 205 g/mol. The van der Waals surface area contributed by atoms with Gasteiger partial charge in [-0.25, -0.2) is 0 Å². The zero-order chi connectivity index (χ0) is 10.6. The summed E-state index contributed by atoms with van der Waals surface area (Å²) in [5.74, 6) is 0.456. The van der Waals surface area contributed by atoms with Crippen LogP contribution in [0.5, 0.6) is 0 Å². The van der Waals surface area contributed by atoms with Gasteiger partial charge in [-0.3, -0.25) is 0 Å². The van der Waals surface area contributed by atoms with E-state index in [2.05, 4.69) is 12.2 Å². The molecule has 4 heteroatoms. The number of methoxy groups -OCH3 is 1. The third-order valence-corrected chi connectivity index (χ3v) is 1.72. The van der Waals surface area contributed by atoms with Crippen LogP contribution in [-0.4, -0.2) is 53.7 Å². The molecule has 0 amide bonds. The molecule has 0 bridgehead atoms. The Morgan fingerprint density at radius 1 is 1.07 bits per heavy atom. The Morgan fingerprint density at radius 3 is 2.43 bits per heavy atom. The smallest absolute Gasteiger partial charge is 0.0701 e. The van der Waals surface area contributed by atoms with E-state index in [1.807, 2.05) is 7.05 Å². The van der Waals surface area contributed by atoms with E-state index < -0.39 is 0 Å². The molecule has 0 heterocycles. The Labute approximate surface area is 86.9 Å². The second kappa shape index (κ2) is 10.9. The molecule has 0 aliphatic carbocycles. The highest BCUT2D eigenvalue weighted by Crippen LogP contribution is 1.95. The van der Waals surface area contributed by atoms with Gasteiger partial charge in [0.05, 0.1) is 33.0 Å². The topological polar surface area (TPSA) is 39.7 Å². The molecule has 0 aliphatic rings. The number of ether oxygens (including phenoxy) is 3. The first-order chi connectivity index (χ1) is 6.81. The predicted molar refractivity (Wildman–Crippen MR) is 56.6 cm³/mol. The van der Waals surface area contributed by atoms with Crippen molar-refractivity contribution in [2.24, 2.45) is 5.92 Å². The third-order valence-electron chi connectivity index (χ3n) is 1.72. The highest BCUT2D eigenvalue weighted by Gasteiger charge is 2.00. The van der Waals surface area contributed by atoms with Gasteiger partial charge in [-0.1, -0.05) is 6.92 Å². The lowest BCUT2D eigenvalue weighted by atomic mass is 10.2. The molecule has 0 aromatic heterocycles. The van der Waals surface area contributed by atoms with E-state index in [4.69, 9.17) is 14.2 Å². The first-order valence-electron chi connectivity index (χ1n) is 5.10. The molecule has 14 heavy (non-hydrogen) atoms. The lowest BCUT2D eigenvalue weighted by Gasteiger charge is -2.10. The van der Waals surface area contributed by atoms with Gasteiger partial charge in [-0.2, -0.15) is 0 Å². The molecule has 0 radical (unpaired) electrons. The van der Waals surface area contributed by atoms with Crippen LogP contribution >= 0.6 is 0 Å². The fourth-order valence-electron chi connectivity index (χ4n) is 1.01. The fraction of sp³-hybridized carbons (Fsp3) is 1.00. The van der Waals surface area contributed by atoms with Crippen molar-refractivity contribution in [1.82, 2.24) is 5.32 Å². The summed E-state index contributed by atoms with van der Waals surface area (Å²) < 4.78 is 15.7. The van der Waals surface area contributed by atoms with Gasteiger partial charge in [0.1, 0.15) is 0 Å². The molecule has 0 rings (SSSR count). The van der Waals surface area contributed by atoms with Crippen molar-refractivity contribution >= 4 is 0 Å². The lowest BCUT2D eigenvalue weighted by Crippen LogP contribution is -2.17. The van der Waals surface area contributed by atoms with Crippen LogP contribution in [0.4, 0.5) is 0 Å². The Balaban J connectivity index is 2.98. The van der Waals surface area contributed by atoms with E-state index in [-0.39, 0.29) is 0 Å². The zero-order valence-corrected chi connectivity index (χ0v) is 9.54. The minimum absolute atomic E-state index is 0.456. The summed E-state index contributed by atoms with van der Waals surface area (Å²) in [5.41, 5.74) is 0. The summed E-state index contributed by atoms with van der Waals surface area (Å²) in [5, 5.41) is 3.01. The molecule has 0 spiro atoms. The van der Waals surface area contributed by atoms with Gasteiger partial charge in [-0.05, 0) is 7.05 Å². The second-order valence-electron chi connectivity index (χ2n) is 3.35. The van der Waals surface area contributed by atoms with Crippen molar-refractivity contribution in [3.05, 3.63) is 0 Å². The van der Waals surface area contributed by atoms with Gasteiger partial charge in [0.25, 0.3) is 0 Å². The van der Waals surface area contributed by atoms with E-state index in [0.717, 1.165) is 26.4 Å². The first-order valence-corrected chi connectivity index (χ1v) is 5.10. The maximum atomic E-state index is 5.40. The van der Waals surface area contributed by atoms with Gasteiger partial charge in [0.15, 0.2) is 0 Å². The van der Waals surface area contributed by atoms with E-state index in [1.54, 1.807) is 7.11 Å². The van der Waals surface area contributed by atoms with Crippen LogP contribution < -0.4 is 5.32 Å².